The topological polar surface area (TPSA) is 39.0 Å². The molecule has 0 saturated carbocycles. The van der Waals surface area contributed by atoms with Crippen LogP contribution in [0.5, 0.6) is 11.5 Å². The first-order valence-electron chi connectivity index (χ1n) is 10.2. The van der Waals surface area contributed by atoms with Gasteiger partial charge in [0.25, 0.3) is 0 Å². The van der Waals surface area contributed by atoms with Crippen LogP contribution >= 0.6 is 0 Å². The Kier molecular flexibility index (Phi) is 5.53. The molecule has 5 heteroatoms. The summed E-state index contributed by atoms with van der Waals surface area (Å²) in [6.07, 6.45) is 7.96. The molecule has 0 spiro atoms. The van der Waals surface area contributed by atoms with Crippen LogP contribution in [0, 0.1) is 6.92 Å². The SMILES string of the molecule is C1CN2CCC12.CCCOc1c(OC)cccc1-c1cn2ccc(C)cc2n1. The second-order valence-electron chi connectivity index (χ2n) is 7.55. The van der Waals surface area contributed by atoms with Crippen LogP contribution in [0.15, 0.2) is 42.7 Å². The van der Waals surface area contributed by atoms with Gasteiger partial charge in [-0.1, -0.05) is 13.0 Å². The number of methoxy groups -OCH3 is 1. The maximum Gasteiger partial charge on any atom is 0.170 e. The van der Waals surface area contributed by atoms with Gasteiger partial charge < -0.3 is 18.8 Å². The summed E-state index contributed by atoms with van der Waals surface area (Å²) >= 11 is 0. The number of ether oxygens (including phenoxy) is 2. The first-order chi connectivity index (χ1) is 13.7. The standard InChI is InChI=1S/C18H20N2O2.C5H9N/c1-4-10-22-18-14(6-5-7-16(18)21-3)15-12-20-9-8-13(2)11-17(20)19-15;1-3-6-4-2-5(1)6/h5-9,11-12H,4,10H2,1-3H3;5H,1-4H2. The molecule has 2 aromatic heterocycles. The van der Waals surface area contributed by atoms with Crippen molar-refractivity contribution in [2.75, 3.05) is 26.8 Å². The third kappa shape index (κ3) is 3.72. The highest BCUT2D eigenvalue weighted by atomic mass is 16.5. The fourth-order valence-electron chi connectivity index (χ4n) is 3.69. The largest absolute Gasteiger partial charge is 0.493 e. The number of hydrogen-bond acceptors (Lipinski definition) is 4. The molecule has 5 rings (SSSR count). The fourth-order valence-corrected chi connectivity index (χ4v) is 3.69. The quantitative estimate of drug-likeness (QED) is 0.651. The summed E-state index contributed by atoms with van der Waals surface area (Å²) in [7, 11) is 1.66. The summed E-state index contributed by atoms with van der Waals surface area (Å²) in [5.74, 6) is 1.49. The summed E-state index contributed by atoms with van der Waals surface area (Å²) in [6, 6.07) is 11.1. The second-order valence-corrected chi connectivity index (χ2v) is 7.55. The van der Waals surface area contributed by atoms with E-state index >= 15 is 0 Å². The number of piperidine rings is 1. The van der Waals surface area contributed by atoms with Crippen molar-refractivity contribution >= 4 is 5.65 Å². The minimum absolute atomic E-state index is 0.653. The highest BCUT2D eigenvalue weighted by Gasteiger charge is 2.34. The summed E-state index contributed by atoms with van der Waals surface area (Å²) in [5, 5.41) is 0. The third-order valence-electron chi connectivity index (χ3n) is 5.56. The number of benzene rings is 1. The lowest BCUT2D eigenvalue weighted by atomic mass is 9.91. The Labute approximate surface area is 166 Å². The molecular formula is C23H29N3O2. The van der Waals surface area contributed by atoms with Gasteiger partial charge in [0.05, 0.1) is 19.4 Å². The van der Waals surface area contributed by atoms with Crippen molar-refractivity contribution in [2.45, 2.75) is 39.2 Å². The van der Waals surface area contributed by atoms with Crippen molar-refractivity contribution < 1.29 is 9.47 Å². The number of hydrogen-bond donors (Lipinski definition) is 0. The molecule has 3 aromatic rings. The van der Waals surface area contributed by atoms with E-state index in [1.807, 2.05) is 35.0 Å². The highest BCUT2D eigenvalue weighted by molar-refractivity contribution is 5.72. The number of imidazole rings is 1. The van der Waals surface area contributed by atoms with Crippen LogP contribution < -0.4 is 9.47 Å². The first-order valence-corrected chi connectivity index (χ1v) is 10.2. The molecule has 2 aliphatic heterocycles. The number of rotatable bonds is 5. The normalized spacial score (nSPS) is 15.8. The fraction of sp³-hybridized carbons (Fsp3) is 0.435. The minimum Gasteiger partial charge on any atom is -0.493 e. The molecule has 2 aliphatic rings. The van der Waals surface area contributed by atoms with Gasteiger partial charge in [-0.05, 0) is 69.1 Å². The van der Waals surface area contributed by atoms with E-state index in [0.717, 1.165) is 40.9 Å². The van der Waals surface area contributed by atoms with Crippen LogP contribution in [-0.2, 0) is 0 Å². The molecule has 0 radical (unpaired) electrons. The van der Waals surface area contributed by atoms with Gasteiger partial charge in [0.15, 0.2) is 11.5 Å². The van der Waals surface area contributed by atoms with Gasteiger partial charge in [-0.15, -0.1) is 0 Å². The van der Waals surface area contributed by atoms with Crippen LogP contribution in [0.4, 0.5) is 0 Å². The van der Waals surface area contributed by atoms with E-state index in [1.54, 1.807) is 7.11 Å². The number of para-hydroxylation sites is 1. The minimum atomic E-state index is 0.653. The van der Waals surface area contributed by atoms with E-state index in [-0.39, 0.29) is 0 Å². The smallest absolute Gasteiger partial charge is 0.170 e. The Morgan fingerprint density at radius 1 is 1.18 bits per heavy atom. The molecule has 0 atom stereocenters. The number of fused-ring (bicyclic) bond motifs is 2. The van der Waals surface area contributed by atoms with Gasteiger partial charge in [0.2, 0.25) is 0 Å². The second kappa shape index (κ2) is 8.23. The Morgan fingerprint density at radius 3 is 2.57 bits per heavy atom. The first kappa shape index (κ1) is 18.8. The molecule has 1 aromatic carbocycles. The van der Waals surface area contributed by atoms with Crippen LogP contribution in [-0.4, -0.2) is 47.1 Å². The molecule has 2 saturated heterocycles. The highest BCUT2D eigenvalue weighted by Crippen LogP contribution is 2.37. The summed E-state index contributed by atoms with van der Waals surface area (Å²) in [4.78, 5) is 7.24. The van der Waals surface area contributed by atoms with Crippen molar-refractivity contribution in [2.24, 2.45) is 0 Å². The summed E-state index contributed by atoms with van der Waals surface area (Å²) in [6.45, 7) is 7.59. The Morgan fingerprint density at radius 2 is 1.96 bits per heavy atom. The average molecular weight is 380 g/mol. The van der Waals surface area contributed by atoms with E-state index in [9.17, 15) is 0 Å². The number of pyridine rings is 1. The summed E-state index contributed by atoms with van der Waals surface area (Å²) in [5.41, 5.74) is 3.96. The number of aromatic nitrogens is 2. The van der Waals surface area contributed by atoms with Crippen molar-refractivity contribution in [3.05, 3.63) is 48.3 Å². The predicted octanol–water partition coefficient (Wildman–Crippen LogP) is 4.57. The molecule has 0 bridgehead atoms. The predicted molar refractivity (Wildman–Crippen MR) is 112 cm³/mol. The summed E-state index contributed by atoms with van der Waals surface area (Å²) < 4.78 is 13.4. The van der Waals surface area contributed by atoms with Gasteiger partial charge >= 0.3 is 0 Å². The van der Waals surface area contributed by atoms with E-state index in [4.69, 9.17) is 14.5 Å². The monoisotopic (exact) mass is 379 g/mol. The third-order valence-corrected chi connectivity index (χ3v) is 5.56. The maximum atomic E-state index is 5.91. The lowest BCUT2D eigenvalue weighted by molar-refractivity contribution is -0.00222. The molecule has 5 nitrogen and oxygen atoms in total. The molecule has 0 amide bonds. The van der Waals surface area contributed by atoms with Crippen LogP contribution in [0.25, 0.3) is 16.9 Å². The lowest BCUT2D eigenvalue weighted by Gasteiger charge is -2.50. The zero-order valence-electron chi connectivity index (χ0n) is 17.0. The molecule has 0 aliphatic carbocycles. The molecular weight excluding hydrogens is 350 g/mol. The van der Waals surface area contributed by atoms with E-state index in [1.165, 1.54) is 31.5 Å². The zero-order chi connectivity index (χ0) is 19.5. The number of nitrogens with zero attached hydrogens (tertiary/aromatic N) is 3. The van der Waals surface area contributed by atoms with E-state index in [2.05, 4.69) is 30.9 Å². The Hall–Kier alpha value is -2.53. The van der Waals surface area contributed by atoms with Crippen LogP contribution in [0.3, 0.4) is 0 Å². The Bertz CT molecular complexity index is 932. The molecule has 0 unspecified atom stereocenters. The van der Waals surface area contributed by atoms with Crippen molar-refractivity contribution in [1.29, 1.82) is 0 Å². The molecule has 4 heterocycles. The van der Waals surface area contributed by atoms with Crippen LogP contribution in [0.2, 0.25) is 0 Å². The van der Waals surface area contributed by atoms with E-state index < -0.39 is 0 Å². The lowest BCUT2D eigenvalue weighted by Crippen LogP contribution is -2.57. The van der Waals surface area contributed by atoms with Gasteiger partial charge in [0.1, 0.15) is 5.65 Å². The van der Waals surface area contributed by atoms with Gasteiger partial charge in [0, 0.05) is 24.0 Å². The molecule has 2 fully saturated rings. The Balaban J connectivity index is 0.000000268. The molecule has 28 heavy (non-hydrogen) atoms. The zero-order valence-corrected chi connectivity index (χ0v) is 17.0. The molecule has 148 valence electrons. The maximum absolute atomic E-state index is 5.91. The average Bonchev–Trinajstić information content (AvgIpc) is 3.12. The van der Waals surface area contributed by atoms with Gasteiger partial charge in [-0.25, -0.2) is 4.98 Å². The van der Waals surface area contributed by atoms with Gasteiger partial charge in [-0.3, -0.25) is 0 Å². The molecule has 0 N–H and O–H groups in total. The number of aryl methyl sites for hydroxylation is 1. The van der Waals surface area contributed by atoms with Gasteiger partial charge in [-0.2, -0.15) is 0 Å². The van der Waals surface area contributed by atoms with Crippen molar-refractivity contribution in [3.8, 4) is 22.8 Å². The van der Waals surface area contributed by atoms with Crippen LogP contribution in [0.1, 0.15) is 31.7 Å². The van der Waals surface area contributed by atoms with Crippen molar-refractivity contribution in [1.82, 2.24) is 14.3 Å². The van der Waals surface area contributed by atoms with E-state index in [0.29, 0.717) is 6.61 Å². The van der Waals surface area contributed by atoms with Crippen molar-refractivity contribution in [3.63, 3.8) is 0 Å².